The number of rotatable bonds is 3. The largest absolute Gasteiger partial charge is 0.336 e. The molecule has 2 rings (SSSR count). The summed E-state index contributed by atoms with van der Waals surface area (Å²) >= 11 is 0. The number of hydrogen-bond donors (Lipinski definition) is 1. The van der Waals surface area contributed by atoms with Crippen LogP contribution in [-0.2, 0) is 0 Å². The second kappa shape index (κ2) is 4.30. The summed E-state index contributed by atoms with van der Waals surface area (Å²) in [4.78, 5) is 8.29. The second-order valence-corrected chi connectivity index (χ2v) is 3.91. The molecule has 0 aliphatic heterocycles. The molecule has 1 N–H and O–H groups in total. The molecule has 0 aliphatic rings. The third-order valence-electron chi connectivity index (χ3n) is 2.10. The second-order valence-electron chi connectivity index (χ2n) is 3.91. The molecule has 0 saturated carbocycles. The molecule has 0 aromatic carbocycles. The van der Waals surface area contributed by atoms with Crippen LogP contribution in [0, 0.1) is 6.92 Å². The normalized spacial score (nSPS) is 10.8. The number of pyridine rings is 1. The lowest BCUT2D eigenvalue weighted by Gasteiger charge is -2.02. The number of nitrogens with one attached hydrogen (secondary N) is 1. The van der Waals surface area contributed by atoms with Crippen molar-refractivity contribution in [3.05, 3.63) is 24.0 Å². The monoisotopic (exact) mass is 218 g/mol. The number of nitrogens with zero attached hydrogens (tertiary/aromatic N) is 3. The molecule has 0 atom stereocenters. The minimum Gasteiger partial charge on any atom is -0.336 e. The van der Waals surface area contributed by atoms with Crippen molar-refractivity contribution in [3.63, 3.8) is 0 Å². The quantitative estimate of drug-likeness (QED) is 0.856. The van der Waals surface area contributed by atoms with Crippen LogP contribution >= 0.6 is 0 Å². The van der Waals surface area contributed by atoms with Gasteiger partial charge in [0, 0.05) is 24.0 Å². The van der Waals surface area contributed by atoms with Crippen LogP contribution in [0.1, 0.15) is 19.4 Å². The lowest BCUT2D eigenvalue weighted by molar-refractivity contribution is 0.429. The fourth-order valence-corrected chi connectivity index (χ4v) is 1.36. The van der Waals surface area contributed by atoms with Crippen molar-refractivity contribution in [2.45, 2.75) is 26.8 Å². The van der Waals surface area contributed by atoms with Crippen molar-refractivity contribution in [1.29, 1.82) is 0 Å². The van der Waals surface area contributed by atoms with Gasteiger partial charge in [-0.15, -0.1) is 0 Å². The van der Waals surface area contributed by atoms with E-state index in [0.717, 1.165) is 11.1 Å². The predicted octanol–water partition coefficient (Wildman–Crippen LogP) is 2.26. The fraction of sp³-hybridized carbons (Fsp3) is 0.364. The van der Waals surface area contributed by atoms with Gasteiger partial charge in [0.1, 0.15) is 0 Å². The van der Waals surface area contributed by atoms with Gasteiger partial charge in [-0.1, -0.05) is 5.16 Å². The van der Waals surface area contributed by atoms with Crippen LogP contribution in [-0.4, -0.2) is 21.2 Å². The van der Waals surface area contributed by atoms with Gasteiger partial charge in [0.05, 0.1) is 0 Å². The molecule has 0 aliphatic carbocycles. The Hall–Kier alpha value is -1.91. The molecule has 0 fully saturated rings. The van der Waals surface area contributed by atoms with E-state index < -0.39 is 0 Å². The van der Waals surface area contributed by atoms with Gasteiger partial charge in [-0.3, -0.25) is 4.98 Å². The van der Waals surface area contributed by atoms with Crippen LogP contribution in [0.15, 0.2) is 23.0 Å². The molecular weight excluding hydrogens is 204 g/mol. The Bertz CT molecular complexity index is 478. The Labute approximate surface area is 93.9 Å². The van der Waals surface area contributed by atoms with Crippen LogP contribution in [0.3, 0.4) is 0 Å². The number of aromatic nitrogens is 3. The molecule has 16 heavy (non-hydrogen) atoms. The number of hydrogen-bond acceptors (Lipinski definition) is 5. The van der Waals surface area contributed by atoms with Gasteiger partial charge in [0.25, 0.3) is 0 Å². The van der Waals surface area contributed by atoms with Crippen molar-refractivity contribution in [2.24, 2.45) is 0 Å². The first-order valence-electron chi connectivity index (χ1n) is 5.18. The summed E-state index contributed by atoms with van der Waals surface area (Å²) in [7, 11) is 0. The first-order chi connectivity index (χ1) is 7.66. The molecule has 5 nitrogen and oxygen atoms in total. The number of anilines is 1. The van der Waals surface area contributed by atoms with E-state index in [0.29, 0.717) is 11.8 Å². The van der Waals surface area contributed by atoms with E-state index in [-0.39, 0.29) is 6.04 Å². The van der Waals surface area contributed by atoms with Crippen molar-refractivity contribution in [1.82, 2.24) is 15.1 Å². The molecule has 0 radical (unpaired) electrons. The summed E-state index contributed by atoms with van der Waals surface area (Å²) in [6.07, 6.45) is 3.50. The molecule has 0 amide bonds. The van der Waals surface area contributed by atoms with Gasteiger partial charge >= 0.3 is 6.01 Å². The molecule has 84 valence electrons. The maximum atomic E-state index is 5.09. The van der Waals surface area contributed by atoms with E-state index in [4.69, 9.17) is 4.52 Å². The van der Waals surface area contributed by atoms with E-state index in [9.17, 15) is 0 Å². The summed E-state index contributed by atoms with van der Waals surface area (Å²) in [6, 6.07) is 2.59. The molecule has 2 aromatic heterocycles. The minimum absolute atomic E-state index is 0.270. The fourth-order valence-electron chi connectivity index (χ4n) is 1.36. The third kappa shape index (κ3) is 2.18. The Morgan fingerprint density at radius 1 is 1.38 bits per heavy atom. The highest BCUT2D eigenvalue weighted by Crippen LogP contribution is 2.20. The van der Waals surface area contributed by atoms with Crippen LogP contribution in [0.2, 0.25) is 0 Å². The molecule has 0 spiro atoms. The maximum Gasteiger partial charge on any atom is 0.321 e. The van der Waals surface area contributed by atoms with Crippen molar-refractivity contribution in [3.8, 4) is 11.4 Å². The van der Waals surface area contributed by atoms with E-state index in [1.807, 2.05) is 26.8 Å². The van der Waals surface area contributed by atoms with Crippen LogP contribution in [0.4, 0.5) is 6.01 Å². The Morgan fingerprint density at radius 3 is 2.88 bits per heavy atom. The van der Waals surface area contributed by atoms with Crippen LogP contribution in [0.5, 0.6) is 0 Å². The van der Waals surface area contributed by atoms with E-state index in [1.54, 1.807) is 12.4 Å². The van der Waals surface area contributed by atoms with Gasteiger partial charge in [0.2, 0.25) is 5.82 Å². The summed E-state index contributed by atoms with van der Waals surface area (Å²) in [5.74, 6) is 0.586. The van der Waals surface area contributed by atoms with Gasteiger partial charge in [-0.25, -0.2) is 0 Å². The zero-order valence-corrected chi connectivity index (χ0v) is 9.56. The summed E-state index contributed by atoms with van der Waals surface area (Å²) < 4.78 is 5.09. The minimum atomic E-state index is 0.270. The number of aryl methyl sites for hydroxylation is 1. The van der Waals surface area contributed by atoms with Gasteiger partial charge < -0.3 is 9.84 Å². The maximum absolute atomic E-state index is 5.09. The van der Waals surface area contributed by atoms with Crippen LogP contribution in [0.25, 0.3) is 11.4 Å². The van der Waals surface area contributed by atoms with Crippen molar-refractivity contribution < 1.29 is 4.52 Å². The third-order valence-corrected chi connectivity index (χ3v) is 2.10. The first-order valence-corrected chi connectivity index (χ1v) is 5.18. The SMILES string of the molecule is Cc1cnccc1-c1noc(NC(C)C)n1. The average Bonchev–Trinajstić information content (AvgIpc) is 2.66. The van der Waals surface area contributed by atoms with Gasteiger partial charge in [0.15, 0.2) is 0 Å². The summed E-state index contributed by atoms with van der Waals surface area (Å²) in [5, 5.41) is 6.98. The van der Waals surface area contributed by atoms with Crippen molar-refractivity contribution in [2.75, 3.05) is 5.32 Å². The zero-order chi connectivity index (χ0) is 11.5. The zero-order valence-electron chi connectivity index (χ0n) is 9.56. The molecule has 0 unspecified atom stereocenters. The summed E-state index contributed by atoms with van der Waals surface area (Å²) in [6.45, 7) is 6.00. The standard InChI is InChI=1S/C11H14N4O/c1-7(2)13-11-14-10(15-16-11)9-4-5-12-6-8(9)3/h4-7H,1-3H3,(H,13,14,15). The topological polar surface area (TPSA) is 63.8 Å². The molecule has 0 saturated heterocycles. The van der Waals surface area contributed by atoms with Crippen molar-refractivity contribution >= 4 is 6.01 Å². The molecule has 2 aromatic rings. The molecule has 5 heteroatoms. The first kappa shape index (κ1) is 10.6. The predicted molar refractivity (Wildman–Crippen MR) is 61.0 cm³/mol. The summed E-state index contributed by atoms with van der Waals surface area (Å²) in [5.41, 5.74) is 1.97. The van der Waals surface area contributed by atoms with E-state index in [1.165, 1.54) is 0 Å². The Kier molecular flexibility index (Phi) is 2.85. The highest BCUT2D eigenvalue weighted by atomic mass is 16.5. The Balaban J connectivity index is 2.28. The van der Waals surface area contributed by atoms with Crippen LogP contribution < -0.4 is 5.32 Å². The van der Waals surface area contributed by atoms with Gasteiger partial charge in [-0.05, 0) is 32.4 Å². The highest BCUT2D eigenvalue weighted by Gasteiger charge is 2.10. The molecule has 0 bridgehead atoms. The smallest absolute Gasteiger partial charge is 0.321 e. The highest BCUT2D eigenvalue weighted by molar-refractivity contribution is 5.59. The lowest BCUT2D eigenvalue weighted by atomic mass is 10.1. The average molecular weight is 218 g/mol. The lowest BCUT2D eigenvalue weighted by Crippen LogP contribution is -2.09. The van der Waals surface area contributed by atoms with E-state index in [2.05, 4.69) is 20.4 Å². The Morgan fingerprint density at radius 2 is 2.19 bits per heavy atom. The van der Waals surface area contributed by atoms with E-state index >= 15 is 0 Å². The molecular formula is C11H14N4O. The molecule has 2 heterocycles. The van der Waals surface area contributed by atoms with Gasteiger partial charge in [-0.2, -0.15) is 4.98 Å².